The highest BCUT2D eigenvalue weighted by Gasteiger charge is 2.07. The minimum Gasteiger partial charge on any atom is -0.360 e. The quantitative estimate of drug-likeness (QED) is 0.648. The molecule has 2 N–H and O–H groups in total. The van der Waals surface area contributed by atoms with E-state index in [0.29, 0.717) is 20.2 Å². The fourth-order valence-corrected chi connectivity index (χ4v) is 1.93. The summed E-state index contributed by atoms with van der Waals surface area (Å²) in [5.74, 6) is 0.198. The van der Waals surface area contributed by atoms with Gasteiger partial charge in [-0.05, 0) is 33.3 Å². The number of hydrogen-bond donors (Lipinski definition) is 2. The summed E-state index contributed by atoms with van der Waals surface area (Å²) < 4.78 is 0.615. The van der Waals surface area contributed by atoms with Gasteiger partial charge in [0, 0.05) is 11.9 Å². The highest BCUT2D eigenvalue weighted by Crippen LogP contribution is 2.33. The van der Waals surface area contributed by atoms with Crippen molar-refractivity contribution in [2.24, 2.45) is 0 Å². The smallest absolute Gasteiger partial charge is 0.216 e. The molecular formula is C10H5BrCl2N6. The Morgan fingerprint density at radius 1 is 1.42 bits per heavy atom. The van der Waals surface area contributed by atoms with Crippen LogP contribution in [0.15, 0.2) is 22.8 Å². The number of aromatic nitrogens is 4. The van der Waals surface area contributed by atoms with Crippen LogP contribution in [0.25, 0.3) is 5.57 Å². The Morgan fingerprint density at radius 3 is 2.63 bits per heavy atom. The highest BCUT2D eigenvalue weighted by molar-refractivity contribution is 9.10. The van der Waals surface area contributed by atoms with Gasteiger partial charge in [0.05, 0.1) is 14.5 Å². The molecule has 96 valence electrons. The van der Waals surface area contributed by atoms with Crippen molar-refractivity contribution in [1.82, 2.24) is 20.6 Å². The van der Waals surface area contributed by atoms with Gasteiger partial charge in [0.1, 0.15) is 11.6 Å². The predicted molar refractivity (Wildman–Crippen MR) is 75.6 cm³/mol. The second-order valence-electron chi connectivity index (χ2n) is 3.30. The number of tetrazole rings is 1. The summed E-state index contributed by atoms with van der Waals surface area (Å²) in [6.07, 6.45) is 1.45. The average molecular weight is 360 g/mol. The molecule has 0 radical (unpaired) electrons. The third-order valence-corrected chi connectivity index (χ3v) is 3.98. The monoisotopic (exact) mass is 358 g/mol. The van der Waals surface area contributed by atoms with Crippen molar-refractivity contribution < 1.29 is 0 Å². The molecular weight excluding hydrogens is 355 g/mol. The number of benzene rings is 1. The van der Waals surface area contributed by atoms with Crippen LogP contribution in [-0.4, -0.2) is 20.6 Å². The molecule has 0 aliphatic heterocycles. The summed E-state index contributed by atoms with van der Waals surface area (Å²) in [5.41, 5.74) is 0.860. The zero-order chi connectivity index (χ0) is 13.8. The molecule has 0 unspecified atom stereocenters. The minimum absolute atomic E-state index is 0.198. The molecule has 0 aliphatic rings. The van der Waals surface area contributed by atoms with Crippen molar-refractivity contribution >= 4 is 50.4 Å². The van der Waals surface area contributed by atoms with E-state index >= 15 is 0 Å². The molecule has 9 heteroatoms. The molecule has 1 aromatic carbocycles. The number of allylic oxidation sites excluding steroid dienone is 1. The molecule has 0 spiro atoms. The molecule has 0 bridgehead atoms. The van der Waals surface area contributed by atoms with Crippen LogP contribution in [0.5, 0.6) is 0 Å². The Morgan fingerprint density at radius 2 is 2.11 bits per heavy atom. The van der Waals surface area contributed by atoms with E-state index in [9.17, 15) is 0 Å². The number of rotatable bonds is 3. The summed E-state index contributed by atoms with van der Waals surface area (Å²) in [7, 11) is 0. The third-order valence-electron chi connectivity index (χ3n) is 2.07. The lowest BCUT2D eigenvalue weighted by Crippen LogP contribution is -1.93. The van der Waals surface area contributed by atoms with Crippen molar-refractivity contribution in [3.05, 3.63) is 38.7 Å². The number of nitrogens with one attached hydrogen (secondary N) is 2. The van der Waals surface area contributed by atoms with Gasteiger partial charge >= 0.3 is 0 Å². The summed E-state index contributed by atoms with van der Waals surface area (Å²) >= 11 is 15.2. The number of hydrogen-bond acceptors (Lipinski definition) is 5. The SMILES string of the molecule is N#CC(=CNc1cc(Cl)c(Br)c(Cl)c1)c1nn[nH]n1. The second-order valence-corrected chi connectivity index (χ2v) is 4.91. The zero-order valence-electron chi connectivity index (χ0n) is 9.15. The molecule has 2 rings (SSSR count). The van der Waals surface area contributed by atoms with Crippen molar-refractivity contribution in [2.45, 2.75) is 0 Å². The molecule has 0 saturated carbocycles. The van der Waals surface area contributed by atoms with Gasteiger partial charge in [-0.3, -0.25) is 0 Å². The van der Waals surface area contributed by atoms with E-state index in [2.05, 4.69) is 41.9 Å². The Balaban J connectivity index is 2.25. The lowest BCUT2D eigenvalue weighted by Gasteiger charge is -2.05. The van der Waals surface area contributed by atoms with Crippen LogP contribution in [0.3, 0.4) is 0 Å². The van der Waals surface area contributed by atoms with Crippen molar-refractivity contribution in [1.29, 1.82) is 5.26 Å². The Kier molecular flexibility index (Phi) is 4.37. The fraction of sp³-hybridized carbons (Fsp3) is 0. The highest BCUT2D eigenvalue weighted by atomic mass is 79.9. The first kappa shape index (κ1) is 13.8. The van der Waals surface area contributed by atoms with Crippen LogP contribution in [0.1, 0.15) is 5.82 Å². The van der Waals surface area contributed by atoms with Gasteiger partial charge in [0.2, 0.25) is 5.82 Å². The van der Waals surface area contributed by atoms with Gasteiger partial charge in [0.15, 0.2) is 0 Å². The molecule has 19 heavy (non-hydrogen) atoms. The largest absolute Gasteiger partial charge is 0.360 e. The summed E-state index contributed by atoms with van der Waals surface area (Å²) in [6, 6.07) is 5.29. The van der Waals surface area contributed by atoms with Crippen LogP contribution in [0.4, 0.5) is 5.69 Å². The van der Waals surface area contributed by atoms with E-state index in [4.69, 9.17) is 28.5 Å². The first-order chi connectivity index (χ1) is 9.11. The summed E-state index contributed by atoms with van der Waals surface area (Å²) in [4.78, 5) is 0. The maximum Gasteiger partial charge on any atom is 0.216 e. The Bertz CT molecular complexity index is 638. The molecule has 0 saturated heterocycles. The van der Waals surface area contributed by atoms with Crippen LogP contribution in [0.2, 0.25) is 10.0 Å². The number of aromatic amines is 1. The molecule has 1 aromatic heterocycles. The van der Waals surface area contributed by atoms with Gasteiger partial charge in [-0.1, -0.05) is 23.2 Å². The third kappa shape index (κ3) is 3.23. The first-order valence-electron chi connectivity index (χ1n) is 4.87. The molecule has 1 heterocycles. The Labute approximate surface area is 126 Å². The van der Waals surface area contributed by atoms with Crippen LogP contribution in [0, 0.1) is 11.3 Å². The number of anilines is 1. The van der Waals surface area contributed by atoms with Crippen molar-refractivity contribution in [2.75, 3.05) is 5.32 Å². The summed E-state index contributed by atoms with van der Waals surface area (Å²) in [6.45, 7) is 0. The minimum atomic E-state index is 0.198. The second kappa shape index (κ2) is 6.02. The van der Waals surface area contributed by atoms with Crippen LogP contribution < -0.4 is 5.32 Å². The molecule has 2 aromatic rings. The first-order valence-corrected chi connectivity index (χ1v) is 6.42. The maximum atomic E-state index is 8.99. The molecule has 6 nitrogen and oxygen atoms in total. The van der Waals surface area contributed by atoms with Crippen LogP contribution >= 0.6 is 39.1 Å². The van der Waals surface area contributed by atoms with E-state index in [0.717, 1.165) is 0 Å². The molecule has 0 atom stereocenters. The summed E-state index contributed by atoms with van der Waals surface area (Å²) in [5, 5.41) is 25.9. The standard InChI is InChI=1S/C10H5BrCl2N6/c11-9-7(12)1-6(2-8(9)13)15-4-5(3-14)10-16-18-19-17-10/h1-2,4,15H,(H,16,17,18,19). The topological polar surface area (TPSA) is 90.3 Å². The number of nitriles is 1. The normalized spacial score (nSPS) is 11.2. The van der Waals surface area contributed by atoms with Crippen molar-refractivity contribution in [3.63, 3.8) is 0 Å². The number of H-pyrrole nitrogens is 1. The van der Waals surface area contributed by atoms with Gasteiger partial charge < -0.3 is 5.32 Å². The lowest BCUT2D eigenvalue weighted by molar-refractivity contribution is 0.881. The fourth-order valence-electron chi connectivity index (χ4n) is 1.22. The Hall–Kier alpha value is -1.62. The lowest BCUT2D eigenvalue weighted by atomic mass is 10.3. The number of halogens is 3. The van der Waals surface area contributed by atoms with E-state index < -0.39 is 0 Å². The van der Waals surface area contributed by atoms with E-state index in [1.807, 2.05) is 6.07 Å². The number of nitrogens with zero attached hydrogens (tertiary/aromatic N) is 4. The van der Waals surface area contributed by atoms with Crippen LogP contribution in [-0.2, 0) is 0 Å². The van der Waals surface area contributed by atoms with Gasteiger partial charge in [-0.25, -0.2) is 0 Å². The van der Waals surface area contributed by atoms with E-state index in [1.165, 1.54) is 6.20 Å². The van der Waals surface area contributed by atoms with E-state index in [1.54, 1.807) is 12.1 Å². The molecule has 0 fully saturated rings. The van der Waals surface area contributed by atoms with Gasteiger partial charge in [0.25, 0.3) is 0 Å². The van der Waals surface area contributed by atoms with Gasteiger partial charge in [-0.2, -0.15) is 10.5 Å². The molecule has 0 amide bonds. The average Bonchev–Trinajstić information content (AvgIpc) is 2.90. The van der Waals surface area contributed by atoms with Crippen molar-refractivity contribution in [3.8, 4) is 6.07 Å². The van der Waals surface area contributed by atoms with E-state index in [-0.39, 0.29) is 11.4 Å². The van der Waals surface area contributed by atoms with Gasteiger partial charge in [-0.15, -0.1) is 10.2 Å². The predicted octanol–water partition coefficient (Wildman–Crippen LogP) is 3.25. The zero-order valence-corrected chi connectivity index (χ0v) is 12.3. The molecule has 0 aliphatic carbocycles. The maximum absolute atomic E-state index is 8.99.